The Balaban J connectivity index is 1.72. The molecule has 1 saturated heterocycles. The quantitative estimate of drug-likeness (QED) is 0.549. The summed E-state index contributed by atoms with van der Waals surface area (Å²) >= 11 is 2.20. The minimum Gasteiger partial charge on any atom is -0.398 e. The van der Waals surface area contributed by atoms with Crippen LogP contribution in [0.25, 0.3) is 0 Å². The van der Waals surface area contributed by atoms with Gasteiger partial charge in [-0.15, -0.1) is 0 Å². The van der Waals surface area contributed by atoms with Crippen molar-refractivity contribution in [3.63, 3.8) is 0 Å². The molecule has 2 fully saturated rings. The second kappa shape index (κ2) is 4.78. The van der Waals surface area contributed by atoms with Crippen molar-refractivity contribution in [1.29, 1.82) is 0 Å². The summed E-state index contributed by atoms with van der Waals surface area (Å²) in [6.45, 7) is 2.17. The average Bonchev–Trinajstić information content (AvgIpc) is 3.04. The third-order valence-corrected chi connectivity index (χ3v) is 8.38. The summed E-state index contributed by atoms with van der Waals surface area (Å²) in [7, 11) is 1.79. The van der Waals surface area contributed by atoms with Crippen LogP contribution < -0.4 is 0 Å². The molecule has 3 unspecified atom stereocenters. The van der Waals surface area contributed by atoms with E-state index in [1.54, 1.807) is 14.2 Å². The van der Waals surface area contributed by atoms with Crippen LogP contribution in [0, 0.1) is 5.92 Å². The lowest BCUT2D eigenvalue weighted by atomic mass is 9.88. The molecule has 2 rings (SSSR count). The molecule has 2 aliphatic rings. The Kier molecular flexibility index (Phi) is 3.81. The smallest absolute Gasteiger partial charge is 0.334 e. The molecule has 0 spiro atoms. The van der Waals surface area contributed by atoms with Gasteiger partial charge in [0.1, 0.15) is 0 Å². The Labute approximate surface area is 98.4 Å². The second-order valence-corrected chi connectivity index (χ2v) is 10.0. The number of thioether (sulfide) groups is 1. The summed E-state index contributed by atoms with van der Waals surface area (Å²) in [5, 5.41) is 2.05. The van der Waals surface area contributed by atoms with Crippen LogP contribution in [0.2, 0.25) is 12.6 Å². The van der Waals surface area contributed by atoms with Gasteiger partial charge in [-0.2, -0.15) is 11.8 Å². The largest absolute Gasteiger partial charge is 0.398 e. The maximum atomic E-state index is 5.53. The van der Waals surface area contributed by atoms with E-state index >= 15 is 0 Å². The molecule has 1 saturated carbocycles. The number of rotatable bonds is 5. The fourth-order valence-electron chi connectivity index (χ4n) is 2.50. The van der Waals surface area contributed by atoms with Crippen LogP contribution in [0.3, 0.4) is 0 Å². The van der Waals surface area contributed by atoms with Crippen LogP contribution in [0.15, 0.2) is 0 Å². The zero-order valence-corrected chi connectivity index (χ0v) is 11.8. The molecule has 0 amide bonds. The molecule has 4 heteroatoms. The van der Waals surface area contributed by atoms with Crippen LogP contribution in [0.4, 0.5) is 0 Å². The van der Waals surface area contributed by atoms with Crippen LogP contribution in [0.5, 0.6) is 0 Å². The molecule has 88 valence electrons. The van der Waals surface area contributed by atoms with Gasteiger partial charge in [-0.1, -0.05) is 0 Å². The monoisotopic (exact) mass is 246 g/mol. The fourth-order valence-corrected chi connectivity index (χ4v) is 5.27. The molecule has 0 aromatic rings. The summed E-state index contributed by atoms with van der Waals surface area (Å²) in [4.78, 5) is 0. The fraction of sp³-hybridized carbons (Fsp3) is 1.00. The first-order valence-corrected chi connectivity index (χ1v) is 9.39. The van der Waals surface area contributed by atoms with Crippen LogP contribution in [-0.2, 0) is 8.85 Å². The summed E-state index contributed by atoms with van der Waals surface area (Å²) in [5.74, 6) is 0.943. The van der Waals surface area contributed by atoms with E-state index in [2.05, 4.69) is 18.3 Å². The Bertz CT molecular complexity index is 221. The SMILES string of the molecule is CO[Si](C)(CCC1CCC2SC2C1)OC. The van der Waals surface area contributed by atoms with Crippen molar-refractivity contribution < 1.29 is 8.85 Å². The number of hydrogen-bond acceptors (Lipinski definition) is 3. The van der Waals surface area contributed by atoms with Gasteiger partial charge in [-0.25, -0.2) is 0 Å². The van der Waals surface area contributed by atoms with E-state index < -0.39 is 8.56 Å². The molecule has 15 heavy (non-hydrogen) atoms. The third-order valence-electron chi connectivity index (χ3n) is 3.98. The molecule has 0 aromatic heterocycles. The maximum absolute atomic E-state index is 5.53. The highest BCUT2D eigenvalue weighted by Gasteiger charge is 2.43. The molecule has 1 heterocycles. The zero-order chi connectivity index (χ0) is 10.9. The van der Waals surface area contributed by atoms with Crippen LogP contribution in [0.1, 0.15) is 25.7 Å². The van der Waals surface area contributed by atoms with Crippen molar-refractivity contribution in [3.05, 3.63) is 0 Å². The van der Waals surface area contributed by atoms with Crippen molar-refractivity contribution >= 4 is 20.3 Å². The molecule has 0 radical (unpaired) electrons. The predicted molar refractivity (Wildman–Crippen MR) is 67.6 cm³/mol. The molecule has 3 atom stereocenters. The summed E-state index contributed by atoms with van der Waals surface area (Å²) in [6.07, 6.45) is 5.66. The van der Waals surface area contributed by atoms with E-state index in [0.29, 0.717) is 0 Å². The van der Waals surface area contributed by atoms with Crippen molar-refractivity contribution in [2.75, 3.05) is 14.2 Å². The van der Waals surface area contributed by atoms with Crippen molar-refractivity contribution in [2.45, 2.75) is 48.8 Å². The van der Waals surface area contributed by atoms with Gasteiger partial charge in [0.05, 0.1) is 0 Å². The molecule has 1 aliphatic heterocycles. The summed E-state index contributed by atoms with van der Waals surface area (Å²) in [5.41, 5.74) is 0. The van der Waals surface area contributed by atoms with E-state index in [9.17, 15) is 0 Å². The first kappa shape index (κ1) is 12.0. The maximum Gasteiger partial charge on any atom is 0.334 e. The first-order chi connectivity index (χ1) is 7.17. The molecule has 2 nitrogen and oxygen atoms in total. The summed E-state index contributed by atoms with van der Waals surface area (Å²) in [6, 6.07) is 1.16. The lowest BCUT2D eigenvalue weighted by Crippen LogP contribution is -2.36. The van der Waals surface area contributed by atoms with E-state index in [0.717, 1.165) is 22.5 Å². The van der Waals surface area contributed by atoms with Crippen molar-refractivity contribution in [2.24, 2.45) is 5.92 Å². The molecular formula is C11H22O2SSi. The average molecular weight is 246 g/mol. The minimum atomic E-state index is -1.80. The van der Waals surface area contributed by atoms with Gasteiger partial charge in [-0.3, -0.25) is 0 Å². The molecular weight excluding hydrogens is 224 g/mol. The lowest BCUT2D eigenvalue weighted by Gasteiger charge is -2.26. The topological polar surface area (TPSA) is 18.5 Å². The Morgan fingerprint density at radius 3 is 2.53 bits per heavy atom. The van der Waals surface area contributed by atoms with E-state index in [-0.39, 0.29) is 0 Å². The summed E-state index contributed by atoms with van der Waals surface area (Å²) < 4.78 is 11.1. The van der Waals surface area contributed by atoms with Gasteiger partial charge in [-0.05, 0) is 44.2 Å². The van der Waals surface area contributed by atoms with Crippen molar-refractivity contribution in [3.8, 4) is 0 Å². The molecule has 1 aliphatic carbocycles. The third kappa shape index (κ3) is 2.99. The van der Waals surface area contributed by atoms with Gasteiger partial charge in [0.25, 0.3) is 0 Å². The Hall–Kier alpha value is 0.487. The van der Waals surface area contributed by atoms with E-state index in [1.165, 1.54) is 25.7 Å². The highest BCUT2D eigenvalue weighted by atomic mass is 32.2. The standard InChI is InChI=1S/C11H22O2SSi/c1-12-15(3,13-2)7-6-9-4-5-10-11(8-9)14-10/h9-11H,4-8H2,1-3H3. The Morgan fingerprint density at radius 1 is 1.20 bits per heavy atom. The van der Waals surface area contributed by atoms with Gasteiger partial charge < -0.3 is 8.85 Å². The van der Waals surface area contributed by atoms with Gasteiger partial charge in [0, 0.05) is 24.7 Å². The molecule has 0 N–H and O–H groups in total. The predicted octanol–water partition coefficient (Wildman–Crippen LogP) is 3.03. The van der Waals surface area contributed by atoms with E-state index in [4.69, 9.17) is 8.85 Å². The van der Waals surface area contributed by atoms with Gasteiger partial charge in [0.2, 0.25) is 0 Å². The van der Waals surface area contributed by atoms with Crippen molar-refractivity contribution in [1.82, 2.24) is 0 Å². The molecule has 0 bridgehead atoms. The van der Waals surface area contributed by atoms with Crippen LogP contribution in [-0.4, -0.2) is 33.3 Å². The highest BCUT2D eigenvalue weighted by molar-refractivity contribution is 8.07. The lowest BCUT2D eigenvalue weighted by molar-refractivity contribution is 0.242. The normalized spacial score (nSPS) is 35.0. The second-order valence-electron chi connectivity index (χ2n) is 4.97. The minimum absolute atomic E-state index is 0.943. The number of hydrogen-bond donors (Lipinski definition) is 0. The molecule has 0 aromatic carbocycles. The Morgan fingerprint density at radius 2 is 1.93 bits per heavy atom. The first-order valence-electron chi connectivity index (χ1n) is 5.92. The zero-order valence-electron chi connectivity index (χ0n) is 9.99. The van der Waals surface area contributed by atoms with Crippen LogP contribution >= 0.6 is 11.8 Å². The van der Waals surface area contributed by atoms with E-state index in [1.807, 2.05) is 0 Å². The van der Waals surface area contributed by atoms with Gasteiger partial charge >= 0.3 is 8.56 Å². The number of fused-ring (bicyclic) bond motifs is 1. The highest BCUT2D eigenvalue weighted by Crippen LogP contribution is 2.53. The van der Waals surface area contributed by atoms with Gasteiger partial charge in [0.15, 0.2) is 0 Å².